The molecule has 1 aliphatic rings. The van der Waals surface area contributed by atoms with Crippen LogP contribution in [0.3, 0.4) is 0 Å². The molecule has 1 atom stereocenters. The van der Waals surface area contributed by atoms with Crippen LogP contribution in [0.1, 0.15) is 43.4 Å². The number of nitrogens with one attached hydrogen (secondary N) is 1. The quantitative estimate of drug-likeness (QED) is 0.667. The Hall–Kier alpha value is -3.22. The first-order chi connectivity index (χ1) is 14.3. The van der Waals surface area contributed by atoms with E-state index in [0.717, 1.165) is 16.7 Å². The van der Waals surface area contributed by atoms with Crippen LogP contribution in [0.2, 0.25) is 0 Å². The van der Waals surface area contributed by atoms with Crippen molar-refractivity contribution in [1.29, 1.82) is 0 Å². The molecule has 2 aromatic rings. The van der Waals surface area contributed by atoms with Crippen LogP contribution in [-0.4, -0.2) is 31.4 Å². The molecule has 0 unspecified atom stereocenters. The van der Waals surface area contributed by atoms with E-state index < -0.39 is 12.1 Å². The zero-order valence-electron chi connectivity index (χ0n) is 17.7. The van der Waals surface area contributed by atoms with Gasteiger partial charge in [0.25, 0.3) is 5.91 Å². The first kappa shape index (κ1) is 21.5. The average Bonchev–Trinajstić information content (AvgIpc) is 3.18. The third kappa shape index (κ3) is 5.43. The number of hydrogen-bond donors (Lipinski definition) is 1. The molecular weight excluding hydrogens is 386 g/mol. The highest BCUT2D eigenvalue weighted by molar-refractivity contribution is 5.83. The molecule has 0 bridgehead atoms. The lowest BCUT2D eigenvalue weighted by atomic mass is 10.0. The molecule has 1 heterocycles. The number of benzene rings is 2. The molecule has 160 valence electrons. The molecule has 7 heteroatoms. The van der Waals surface area contributed by atoms with E-state index in [4.69, 9.17) is 18.9 Å². The summed E-state index contributed by atoms with van der Waals surface area (Å²) in [5, 5.41) is 2.75. The first-order valence-corrected chi connectivity index (χ1v) is 9.92. The Balaban J connectivity index is 1.47. The van der Waals surface area contributed by atoms with Crippen LogP contribution in [-0.2, 0) is 20.9 Å². The molecule has 3 rings (SSSR count). The second kappa shape index (κ2) is 9.52. The van der Waals surface area contributed by atoms with Gasteiger partial charge in [0, 0.05) is 6.54 Å². The van der Waals surface area contributed by atoms with Crippen molar-refractivity contribution >= 4 is 11.9 Å². The van der Waals surface area contributed by atoms with Gasteiger partial charge in [0.1, 0.15) is 5.75 Å². The van der Waals surface area contributed by atoms with Crippen molar-refractivity contribution in [3.8, 4) is 17.2 Å². The first-order valence-electron chi connectivity index (χ1n) is 9.92. The van der Waals surface area contributed by atoms with Crippen LogP contribution >= 0.6 is 0 Å². The Bertz CT molecular complexity index is 924. The van der Waals surface area contributed by atoms with Crippen LogP contribution in [0.25, 0.3) is 0 Å². The molecule has 1 aliphatic heterocycles. The summed E-state index contributed by atoms with van der Waals surface area (Å²) in [6, 6.07) is 11.3. The fourth-order valence-electron chi connectivity index (χ4n) is 3.05. The minimum atomic E-state index is -0.933. The summed E-state index contributed by atoms with van der Waals surface area (Å²) in [6.45, 7) is 7.82. The van der Waals surface area contributed by atoms with Gasteiger partial charge in [0.15, 0.2) is 24.2 Å². The summed E-state index contributed by atoms with van der Waals surface area (Å²) in [6.07, 6.45) is -0.933. The van der Waals surface area contributed by atoms with Crippen molar-refractivity contribution in [3.63, 3.8) is 0 Å². The monoisotopic (exact) mass is 413 g/mol. The smallest absolute Gasteiger partial charge is 0.344 e. The number of carbonyl (C=O) groups is 2. The van der Waals surface area contributed by atoms with Crippen molar-refractivity contribution in [1.82, 2.24) is 5.32 Å². The lowest BCUT2D eigenvalue weighted by Crippen LogP contribution is -2.36. The van der Waals surface area contributed by atoms with Gasteiger partial charge in [0.05, 0.1) is 0 Å². The third-order valence-corrected chi connectivity index (χ3v) is 4.72. The number of aryl methyl sites for hydroxylation is 1. The highest BCUT2D eigenvalue weighted by atomic mass is 16.7. The molecule has 0 radical (unpaired) electrons. The minimum absolute atomic E-state index is 0.196. The van der Waals surface area contributed by atoms with Crippen LogP contribution in [0.5, 0.6) is 17.2 Å². The second-order valence-electron chi connectivity index (χ2n) is 7.52. The fraction of sp³-hybridized carbons (Fsp3) is 0.391. The molecule has 0 fully saturated rings. The molecule has 1 amide bonds. The number of amides is 1. The molecule has 0 spiro atoms. The molecule has 7 nitrogen and oxygen atoms in total. The standard InChI is InChI=1S/C23H27NO6/c1-14(2)18-7-5-15(3)9-20(18)27-12-22(25)30-16(4)23(26)24-11-17-6-8-19-21(10-17)29-13-28-19/h5-10,14,16H,11-13H2,1-4H3,(H,24,26)/t16-/m0/s1. The SMILES string of the molecule is Cc1ccc(C(C)C)c(OCC(=O)O[C@@H](C)C(=O)NCc2ccc3c(c2)OCO3)c1. The van der Waals surface area contributed by atoms with Crippen LogP contribution < -0.4 is 19.5 Å². The van der Waals surface area contributed by atoms with E-state index in [0.29, 0.717) is 17.2 Å². The van der Waals surface area contributed by atoms with Gasteiger partial charge < -0.3 is 24.3 Å². The van der Waals surface area contributed by atoms with Crippen LogP contribution in [0.4, 0.5) is 0 Å². The summed E-state index contributed by atoms with van der Waals surface area (Å²) in [7, 11) is 0. The van der Waals surface area contributed by atoms with Crippen molar-refractivity contribution in [3.05, 3.63) is 53.1 Å². The Morgan fingerprint density at radius 3 is 2.60 bits per heavy atom. The zero-order chi connectivity index (χ0) is 21.7. The molecular formula is C23H27NO6. The largest absolute Gasteiger partial charge is 0.482 e. The Labute approximate surface area is 176 Å². The molecule has 0 aliphatic carbocycles. The van der Waals surface area contributed by atoms with Gasteiger partial charge in [-0.1, -0.05) is 32.0 Å². The molecule has 1 N–H and O–H groups in total. The zero-order valence-corrected chi connectivity index (χ0v) is 17.7. The highest BCUT2D eigenvalue weighted by Crippen LogP contribution is 2.32. The average molecular weight is 413 g/mol. The second-order valence-corrected chi connectivity index (χ2v) is 7.52. The van der Waals surface area contributed by atoms with E-state index in [-0.39, 0.29) is 31.8 Å². The summed E-state index contributed by atoms with van der Waals surface area (Å²) in [5.74, 6) is 1.26. The molecule has 30 heavy (non-hydrogen) atoms. The molecule has 0 saturated carbocycles. The van der Waals surface area contributed by atoms with Crippen molar-refractivity contribution in [2.45, 2.75) is 46.3 Å². The van der Waals surface area contributed by atoms with Crippen molar-refractivity contribution < 1.29 is 28.5 Å². The van der Waals surface area contributed by atoms with Crippen LogP contribution in [0, 0.1) is 6.92 Å². The van der Waals surface area contributed by atoms with Gasteiger partial charge in [0.2, 0.25) is 6.79 Å². The Morgan fingerprint density at radius 2 is 1.83 bits per heavy atom. The van der Waals surface area contributed by atoms with E-state index in [1.165, 1.54) is 6.92 Å². The van der Waals surface area contributed by atoms with Crippen molar-refractivity contribution in [2.75, 3.05) is 13.4 Å². The van der Waals surface area contributed by atoms with Gasteiger partial charge in [-0.15, -0.1) is 0 Å². The molecule has 0 aromatic heterocycles. The van der Waals surface area contributed by atoms with Gasteiger partial charge in [-0.2, -0.15) is 0 Å². The maximum atomic E-state index is 12.3. The predicted octanol–water partition coefficient (Wildman–Crippen LogP) is 3.47. The van der Waals surface area contributed by atoms with Crippen molar-refractivity contribution in [2.24, 2.45) is 0 Å². The van der Waals surface area contributed by atoms with E-state index in [2.05, 4.69) is 19.2 Å². The lowest BCUT2D eigenvalue weighted by Gasteiger charge is -2.16. The summed E-state index contributed by atoms with van der Waals surface area (Å²) in [5.41, 5.74) is 2.91. The third-order valence-electron chi connectivity index (χ3n) is 4.72. The molecule has 2 aromatic carbocycles. The summed E-state index contributed by atoms with van der Waals surface area (Å²) >= 11 is 0. The van der Waals surface area contributed by atoms with E-state index in [9.17, 15) is 9.59 Å². The minimum Gasteiger partial charge on any atom is -0.482 e. The fourth-order valence-corrected chi connectivity index (χ4v) is 3.05. The number of esters is 1. The Morgan fingerprint density at radius 1 is 1.07 bits per heavy atom. The van der Waals surface area contributed by atoms with E-state index >= 15 is 0 Å². The van der Waals surface area contributed by atoms with E-state index in [1.807, 2.05) is 31.2 Å². The summed E-state index contributed by atoms with van der Waals surface area (Å²) < 4.78 is 21.5. The predicted molar refractivity (Wildman–Crippen MR) is 111 cm³/mol. The summed E-state index contributed by atoms with van der Waals surface area (Å²) in [4.78, 5) is 24.4. The number of rotatable bonds is 8. The van der Waals surface area contributed by atoms with Gasteiger partial charge in [-0.05, 0) is 54.7 Å². The van der Waals surface area contributed by atoms with Gasteiger partial charge >= 0.3 is 5.97 Å². The number of ether oxygens (including phenoxy) is 4. The maximum Gasteiger partial charge on any atom is 0.344 e. The number of hydrogen-bond acceptors (Lipinski definition) is 6. The lowest BCUT2D eigenvalue weighted by molar-refractivity contribution is -0.156. The normalized spacial score (nSPS) is 13.1. The molecule has 0 saturated heterocycles. The van der Waals surface area contributed by atoms with Gasteiger partial charge in [-0.3, -0.25) is 4.79 Å². The van der Waals surface area contributed by atoms with E-state index in [1.54, 1.807) is 12.1 Å². The highest BCUT2D eigenvalue weighted by Gasteiger charge is 2.19. The van der Waals surface area contributed by atoms with Crippen LogP contribution in [0.15, 0.2) is 36.4 Å². The van der Waals surface area contributed by atoms with Gasteiger partial charge in [-0.25, -0.2) is 4.79 Å². The number of fused-ring (bicyclic) bond motifs is 1. The Kier molecular flexibility index (Phi) is 6.82. The topological polar surface area (TPSA) is 83.1 Å². The maximum absolute atomic E-state index is 12.3. The number of carbonyl (C=O) groups excluding carboxylic acids is 2.